The summed E-state index contributed by atoms with van der Waals surface area (Å²) in [4.78, 5) is 23.1. The fraction of sp³-hybridized carbons (Fsp3) is 0.154. The van der Waals surface area contributed by atoms with Crippen LogP contribution in [0.25, 0.3) is 5.69 Å². The number of nitrogens with zero attached hydrogens (tertiary/aromatic N) is 4. The molecule has 2 rings (SSSR count). The van der Waals surface area contributed by atoms with Crippen molar-refractivity contribution < 1.29 is 19.1 Å². The standard InChI is InChI=1S/C13H13N5O4/c1-21-12(19)7-10(13(20)22-2)15-9-5-3-4-6-11(9)18-8-14-16-17-18/h3-8,15H,1-2H3/b10-7+. The van der Waals surface area contributed by atoms with E-state index in [2.05, 4.69) is 30.3 Å². The molecule has 0 bridgehead atoms. The first-order chi connectivity index (χ1) is 10.7. The predicted molar refractivity (Wildman–Crippen MR) is 74.9 cm³/mol. The van der Waals surface area contributed by atoms with Crippen LogP contribution in [0.15, 0.2) is 42.4 Å². The third-order valence-corrected chi connectivity index (χ3v) is 2.64. The molecule has 1 N–H and O–H groups in total. The molecule has 22 heavy (non-hydrogen) atoms. The van der Waals surface area contributed by atoms with Crippen molar-refractivity contribution >= 4 is 17.6 Å². The highest BCUT2D eigenvalue weighted by atomic mass is 16.5. The summed E-state index contributed by atoms with van der Waals surface area (Å²) in [5.74, 6) is -1.40. The summed E-state index contributed by atoms with van der Waals surface area (Å²) in [5.41, 5.74) is 1.03. The van der Waals surface area contributed by atoms with Crippen LogP contribution in [0.1, 0.15) is 0 Å². The van der Waals surface area contributed by atoms with E-state index in [9.17, 15) is 9.59 Å². The van der Waals surface area contributed by atoms with Gasteiger partial charge in [-0.2, -0.15) is 4.68 Å². The fourth-order valence-electron chi connectivity index (χ4n) is 1.63. The molecule has 1 aromatic heterocycles. The first-order valence-electron chi connectivity index (χ1n) is 6.13. The largest absolute Gasteiger partial charge is 0.466 e. The van der Waals surface area contributed by atoms with Crippen LogP contribution < -0.4 is 5.32 Å². The molecule has 0 amide bonds. The summed E-state index contributed by atoms with van der Waals surface area (Å²) in [6, 6.07) is 6.98. The van der Waals surface area contributed by atoms with Gasteiger partial charge in [-0.05, 0) is 22.6 Å². The van der Waals surface area contributed by atoms with E-state index in [0.717, 1.165) is 6.08 Å². The van der Waals surface area contributed by atoms with Crippen molar-refractivity contribution in [2.24, 2.45) is 0 Å². The lowest BCUT2D eigenvalue weighted by atomic mass is 10.2. The van der Waals surface area contributed by atoms with Gasteiger partial charge >= 0.3 is 11.9 Å². The van der Waals surface area contributed by atoms with Gasteiger partial charge in [-0.3, -0.25) is 0 Å². The fourth-order valence-corrected chi connectivity index (χ4v) is 1.63. The van der Waals surface area contributed by atoms with Gasteiger partial charge in [-0.15, -0.1) is 5.10 Å². The Bertz CT molecular complexity index is 696. The minimum absolute atomic E-state index is 0.0742. The zero-order chi connectivity index (χ0) is 15.9. The Morgan fingerprint density at radius 3 is 2.64 bits per heavy atom. The molecule has 0 aliphatic carbocycles. The molecule has 0 fully saturated rings. The van der Waals surface area contributed by atoms with Crippen LogP contribution in [0.3, 0.4) is 0 Å². The Morgan fingerprint density at radius 2 is 2.00 bits per heavy atom. The maximum absolute atomic E-state index is 11.8. The van der Waals surface area contributed by atoms with Crippen molar-refractivity contribution in [1.29, 1.82) is 0 Å². The van der Waals surface area contributed by atoms with Crippen molar-refractivity contribution in [2.75, 3.05) is 19.5 Å². The van der Waals surface area contributed by atoms with Crippen LogP contribution >= 0.6 is 0 Å². The molecular formula is C13H13N5O4. The summed E-state index contributed by atoms with van der Waals surface area (Å²) in [6.07, 6.45) is 2.41. The number of para-hydroxylation sites is 2. The van der Waals surface area contributed by atoms with Gasteiger partial charge in [-0.25, -0.2) is 9.59 Å². The molecule has 114 valence electrons. The Labute approximate surface area is 125 Å². The highest BCUT2D eigenvalue weighted by molar-refractivity contribution is 5.99. The number of carbonyl (C=O) groups excluding carboxylic acids is 2. The van der Waals surface area contributed by atoms with Gasteiger partial charge in [0.15, 0.2) is 0 Å². The second kappa shape index (κ2) is 6.97. The van der Waals surface area contributed by atoms with Gasteiger partial charge in [0.25, 0.3) is 0 Å². The van der Waals surface area contributed by atoms with E-state index in [1.54, 1.807) is 24.3 Å². The van der Waals surface area contributed by atoms with E-state index in [0.29, 0.717) is 11.4 Å². The normalized spacial score (nSPS) is 10.9. The highest BCUT2D eigenvalue weighted by Gasteiger charge is 2.15. The Balaban J connectivity index is 2.37. The molecular weight excluding hydrogens is 290 g/mol. The SMILES string of the molecule is COC(=O)/C=C(/Nc1ccccc1-n1cnnn1)C(=O)OC. The molecule has 0 aliphatic rings. The van der Waals surface area contributed by atoms with E-state index in [1.807, 2.05) is 0 Å². The third kappa shape index (κ3) is 3.45. The predicted octanol–water partition coefficient (Wildman–Crippen LogP) is 0.304. The lowest BCUT2D eigenvalue weighted by molar-refractivity contribution is -0.138. The zero-order valence-electron chi connectivity index (χ0n) is 11.9. The van der Waals surface area contributed by atoms with Gasteiger partial charge in [0, 0.05) is 0 Å². The highest BCUT2D eigenvalue weighted by Crippen LogP contribution is 2.20. The number of methoxy groups -OCH3 is 2. The van der Waals surface area contributed by atoms with Crippen LogP contribution in [0.4, 0.5) is 5.69 Å². The smallest absolute Gasteiger partial charge is 0.354 e. The number of esters is 2. The van der Waals surface area contributed by atoms with Crippen molar-refractivity contribution in [2.45, 2.75) is 0 Å². The molecule has 2 aromatic rings. The van der Waals surface area contributed by atoms with Crippen molar-refractivity contribution in [3.8, 4) is 5.69 Å². The van der Waals surface area contributed by atoms with Gasteiger partial charge in [-0.1, -0.05) is 12.1 Å². The Morgan fingerprint density at radius 1 is 1.23 bits per heavy atom. The van der Waals surface area contributed by atoms with E-state index >= 15 is 0 Å². The monoisotopic (exact) mass is 303 g/mol. The average molecular weight is 303 g/mol. The Kier molecular flexibility index (Phi) is 4.81. The van der Waals surface area contributed by atoms with E-state index in [1.165, 1.54) is 25.2 Å². The summed E-state index contributed by atoms with van der Waals surface area (Å²) >= 11 is 0. The molecule has 9 nitrogen and oxygen atoms in total. The summed E-state index contributed by atoms with van der Waals surface area (Å²) in [5, 5.41) is 13.7. The van der Waals surface area contributed by atoms with E-state index in [-0.39, 0.29) is 5.70 Å². The molecule has 0 saturated carbocycles. The number of hydrogen-bond donors (Lipinski definition) is 1. The van der Waals surface area contributed by atoms with Crippen LogP contribution in [0.5, 0.6) is 0 Å². The summed E-state index contributed by atoms with van der Waals surface area (Å²) in [6.45, 7) is 0. The number of aromatic nitrogens is 4. The van der Waals surface area contributed by atoms with Crippen LogP contribution in [0.2, 0.25) is 0 Å². The van der Waals surface area contributed by atoms with Gasteiger partial charge in [0.05, 0.1) is 31.7 Å². The molecule has 0 saturated heterocycles. The summed E-state index contributed by atoms with van der Waals surface area (Å²) < 4.78 is 10.6. The molecule has 1 heterocycles. The number of tetrazole rings is 1. The van der Waals surface area contributed by atoms with Gasteiger partial charge in [0.2, 0.25) is 0 Å². The topological polar surface area (TPSA) is 108 Å². The molecule has 0 atom stereocenters. The van der Waals surface area contributed by atoms with Gasteiger partial charge < -0.3 is 14.8 Å². The minimum Gasteiger partial charge on any atom is -0.466 e. The molecule has 0 unspecified atom stereocenters. The maximum Gasteiger partial charge on any atom is 0.354 e. The number of benzene rings is 1. The maximum atomic E-state index is 11.8. The number of nitrogens with one attached hydrogen (secondary N) is 1. The molecule has 1 aromatic carbocycles. The first-order valence-corrected chi connectivity index (χ1v) is 6.13. The lowest BCUT2D eigenvalue weighted by Crippen LogP contribution is -2.16. The molecule has 0 aliphatic heterocycles. The first kappa shape index (κ1) is 15.2. The minimum atomic E-state index is -0.711. The van der Waals surface area contributed by atoms with Gasteiger partial charge in [0.1, 0.15) is 12.0 Å². The second-order valence-corrected chi connectivity index (χ2v) is 3.97. The quantitative estimate of drug-likeness (QED) is 0.621. The summed E-state index contributed by atoms with van der Waals surface area (Å²) in [7, 11) is 2.42. The number of hydrogen-bond acceptors (Lipinski definition) is 8. The van der Waals surface area contributed by atoms with Crippen molar-refractivity contribution in [3.63, 3.8) is 0 Å². The van der Waals surface area contributed by atoms with Crippen LogP contribution in [0, 0.1) is 0 Å². The second-order valence-electron chi connectivity index (χ2n) is 3.97. The Hall–Kier alpha value is -3.23. The van der Waals surface area contributed by atoms with Crippen LogP contribution in [-0.4, -0.2) is 46.4 Å². The van der Waals surface area contributed by atoms with Crippen LogP contribution in [-0.2, 0) is 19.1 Å². The molecule has 0 radical (unpaired) electrons. The van der Waals surface area contributed by atoms with Crippen molar-refractivity contribution in [3.05, 3.63) is 42.4 Å². The van der Waals surface area contributed by atoms with E-state index < -0.39 is 11.9 Å². The number of carbonyl (C=O) groups is 2. The zero-order valence-corrected chi connectivity index (χ0v) is 11.9. The number of ether oxygens (including phenoxy) is 2. The molecule has 9 heteroatoms. The molecule has 0 spiro atoms. The lowest BCUT2D eigenvalue weighted by Gasteiger charge is -2.12. The van der Waals surface area contributed by atoms with Crippen molar-refractivity contribution in [1.82, 2.24) is 20.2 Å². The third-order valence-electron chi connectivity index (χ3n) is 2.64. The number of anilines is 1. The van der Waals surface area contributed by atoms with E-state index in [4.69, 9.17) is 0 Å². The average Bonchev–Trinajstić information content (AvgIpc) is 3.08. The number of rotatable bonds is 5.